The Hall–Kier alpha value is -1.51. The number of urea groups is 1. The summed E-state index contributed by atoms with van der Waals surface area (Å²) in [7, 11) is 1.39. The van der Waals surface area contributed by atoms with Crippen LogP contribution < -0.4 is 10.6 Å². The standard InChI is InChI=1S/C14H22F3N3O3/c1-23-8-11(21)18-10-6-20(7-10)13(22)19-12(14(15,16)17)9-4-2-3-5-9/h9-10,12H,2-8H2,1H3,(H,18,21)(H,19,22)/t12-/m0/s1. The molecule has 9 heteroatoms. The predicted octanol–water partition coefficient (Wildman–Crippen LogP) is 1.26. The number of likely N-dealkylation sites (tertiary alicyclic amines) is 1. The molecule has 2 aliphatic rings. The summed E-state index contributed by atoms with van der Waals surface area (Å²) in [5, 5.41) is 4.76. The SMILES string of the molecule is COCC(=O)NC1CN(C(=O)N[C@@H](C2CCCC2)C(F)(F)F)C1. The molecule has 1 heterocycles. The van der Waals surface area contributed by atoms with Gasteiger partial charge < -0.3 is 20.3 Å². The summed E-state index contributed by atoms with van der Waals surface area (Å²) in [5.74, 6) is -0.853. The molecular formula is C14H22F3N3O3. The fourth-order valence-electron chi connectivity index (χ4n) is 3.12. The Bertz CT molecular complexity index is 433. The molecule has 132 valence electrons. The van der Waals surface area contributed by atoms with E-state index in [1.165, 1.54) is 12.0 Å². The first-order valence-electron chi connectivity index (χ1n) is 7.71. The summed E-state index contributed by atoms with van der Waals surface area (Å²) in [6.45, 7) is 0.327. The van der Waals surface area contributed by atoms with Crippen LogP contribution in [0.15, 0.2) is 0 Å². The highest BCUT2D eigenvalue weighted by molar-refractivity contribution is 5.79. The van der Waals surface area contributed by atoms with Gasteiger partial charge in [-0.1, -0.05) is 12.8 Å². The van der Waals surface area contributed by atoms with Crippen LogP contribution in [0.5, 0.6) is 0 Å². The zero-order valence-electron chi connectivity index (χ0n) is 13.0. The zero-order valence-corrected chi connectivity index (χ0v) is 13.0. The number of carbonyl (C=O) groups is 2. The maximum atomic E-state index is 13.1. The zero-order chi connectivity index (χ0) is 17.0. The number of rotatable bonds is 5. The molecule has 0 aromatic carbocycles. The van der Waals surface area contributed by atoms with E-state index in [9.17, 15) is 22.8 Å². The lowest BCUT2D eigenvalue weighted by atomic mass is 9.97. The first-order chi connectivity index (χ1) is 10.8. The van der Waals surface area contributed by atoms with E-state index in [0.717, 1.165) is 12.8 Å². The van der Waals surface area contributed by atoms with Crippen LogP contribution in [0.4, 0.5) is 18.0 Å². The number of methoxy groups -OCH3 is 1. The van der Waals surface area contributed by atoms with Crippen molar-refractivity contribution in [2.24, 2.45) is 5.92 Å². The summed E-state index contributed by atoms with van der Waals surface area (Å²) in [6.07, 6.45) is -1.93. The predicted molar refractivity (Wildman–Crippen MR) is 75.7 cm³/mol. The van der Waals surface area contributed by atoms with Crippen LogP contribution >= 0.6 is 0 Å². The van der Waals surface area contributed by atoms with E-state index in [1.807, 2.05) is 0 Å². The number of ether oxygens (including phenoxy) is 1. The third-order valence-corrected chi connectivity index (χ3v) is 4.31. The normalized spacial score (nSPS) is 21.0. The molecule has 0 radical (unpaired) electrons. The summed E-state index contributed by atoms with van der Waals surface area (Å²) >= 11 is 0. The Labute approximate surface area is 132 Å². The molecule has 0 aromatic rings. The summed E-state index contributed by atoms with van der Waals surface area (Å²) in [6, 6.07) is -2.75. The molecule has 1 atom stereocenters. The van der Waals surface area contributed by atoms with Crippen molar-refractivity contribution in [1.82, 2.24) is 15.5 Å². The average molecular weight is 337 g/mol. The quantitative estimate of drug-likeness (QED) is 0.794. The van der Waals surface area contributed by atoms with Gasteiger partial charge in [-0.15, -0.1) is 0 Å². The monoisotopic (exact) mass is 337 g/mol. The lowest BCUT2D eigenvalue weighted by molar-refractivity contribution is -0.165. The minimum Gasteiger partial charge on any atom is -0.375 e. The van der Waals surface area contributed by atoms with Gasteiger partial charge in [-0.2, -0.15) is 13.2 Å². The molecule has 3 amide bonds. The number of hydrogen-bond acceptors (Lipinski definition) is 3. The second-order valence-electron chi connectivity index (χ2n) is 6.12. The van der Waals surface area contributed by atoms with Crippen molar-refractivity contribution >= 4 is 11.9 Å². The minimum atomic E-state index is -4.44. The molecule has 1 saturated carbocycles. The number of hydrogen-bond donors (Lipinski definition) is 2. The van der Waals surface area contributed by atoms with Gasteiger partial charge in [0, 0.05) is 20.2 Å². The van der Waals surface area contributed by atoms with Gasteiger partial charge in [0.1, 0.15) is 12.6 Å². The third-order valence-electron chi connectivity index (χ3n) is 4.31. The molecule has 0 unspecified atom stereocenters. The highest BCUT2D eigenvalue weighted by Gasteiger charge is 2.47. The van der Waals surface area contributed by atoms with Crippen molar-refractivity contribution in [1.29, 1.82) is 0 Å². The van der Waals surface area contributed by atoms with Crippen LogP contribution in [0.25, 0.3) is 0 Å². The third kappa shape index (κ3) is 4.73. The molecule has 2 fully saturated rings. The second kappa shape index (κ2) is 7.37. The van der Waals surface area contributed by atoms with E-state index in [0.29, 0.717) is 12.8 Å². The van der Waals surface area contributed by atoms with Crippen LogP contribution in [-0.4, -0.2) is 61.9 Å². The summed E-state index contributed by atoms with van der Waals surface area (Å²) in [4.78, 5) is 24.5. The Morgan fingerprint density at radius 3 is 2.39 bits per heavy atom. The van der Waals surface area contributed by atoms with Gasteiger partial charge in [0.2, 0.25) is 5.91 Å². The molecule has 6 nitrogen and oxygen atoms in total. The molecule has 0 spiro atoms. The fraction of sp³-hybridized carbons (Fsp3) is 0.857. The molecule has 23 heavy (non-hydrogen) atoms. The van der Waals surface area contributed by atoms with E-state index in [4.69, 9.17) is 0 Å². The number of amides is 3. The number of carbonyl (C=O) groups excluding carboxylic acids is 2. The van der Waals surface area contributed by atoms with E-state index in [-0.39, 0.29) is 31.6 Å². The van der Waals surface area contributed by atoms with Gasteiger partial charge in [0.05, 0.1) is 6.04 Å². The van der Waals surface area contributed by atoms with E-state index in [1.54, 1.807) is 0 Å². The van der Waals surface area contributed by atoms with Crippen LogP contribution in [-0.2, 0) is 9.53 Å². The van der Waals surface area contributed by atoms with Crippen LogP contribution in [0.3, 0.4) is 0 Å². The van der Waals surface area contributed by atoms with Gasteiger partial charge >= 0.3 is 12.2 Å². The lowest BCUT2D eigenvalue weighted by Crippen LogP contribution is -2.65. The molecule has 2 rings (SSSR count). The smallest absolute Gasteiger partial charge is 0.375 e. The molecular weight excluding hydrogens is 315 g/mol. The highest BCUT2D eigenvalue weighted by Crippen LogP contribution is 2.35. The number of nitrogens with one attached hydrogen (secondary N) is 2. The van der Waals surface area contributed by atoms with Crippen molar-refractivity contribution in [2.45, 2.75) is 43.9 Å². The maximum Gasteiger partial charge on any atom is 0.408 e. The van der Waals surface area contributed by atoms with Crippen LogP contribution in [0, 0.1) is 5.92 Å². The largest absolute Gasteiger partial charge is 0.408 e. The van der Waals surface area contributed by atoms with E-state index >= 15 is 0 Å². The number of nitrogens with zero attached hydrogens (tertiary/aromatic N) is 1. The lowest BCUT2D eigenvalue weighted by Gasteiger charge is -2.40. The van der Waals surface area contributed by atoms with Gasteiger partial charge in [-0.25, -0.2) is 4.79 Å². The first-order valence-corrected chi connectivity index (χ1v) is 7.71. The summed E-state index contributed by atoms with van der Waals surface area (Å²) < 4.78 is 44.1. The van der Waals surface area contributed by atoms with Crippen molar-refractivity contribution in [2.75, 3.05) is 26.8 Å². The number of alkyl halides is 3. The van der Waals surface area contributed by atoms with Crippen molar-refractivity contribution < 1.29 is 27.5 Å². The second-order valence-corrected chi connectivity index (χ2v) is 6.12. The van der Waals surface area contributed by atoms with Crippen LogP contribution in [0.1, 0.15) is 25.7 Å². The van der Waals surface area contributed by atoms with E-state index in [2.05, 4.69) is 15.4 Å². The van der Waals surface area contributed by atoms with Crippen molar-refractivity contribution in [3.05, 3.63) is 0 Å². The number of halogens is 3. The first kappa shape index (κ1) is 17.8. The topological polar surface area (TPSA) is 70.7 Å². The molecule has 1 saturated heterocycles. The Morgan fingerprint density at radius 2 is 1.87 bits per heavy atom. The minimum absolute atomic E-state index is 0.0828. The Balaban J connectivity index is 1.80. The van der Waals surface area contributed by atoms with Gasteiger partial charge in [-0.05, 0) is 18.8 Å². The molecule has 2 N–H and O–H groups in total. The Kier molecular flexibility index (Phi) is 5.72. The Morgan fingerprint density at radius 1 is 1.26 bits per heavy atom. The summed E-state index contributed by atoms with van der Waals surface area (Å²) in [5.41, 5.74) is 0. The van der Waals surface area contributed by atoms with Crippen molar-refractivity contribution in [3.8, 4) is 0 Å². The molecule has 1 aliphatic heterocycles. The van der Waals surface area contributed by atoms with E-state index < -0.39 is 24.2 Å². The van der Waals surface area contributed by atoms with Crippen LogP contribution in [0.2, 0.25) is 0 Å². The highest BCUT2D eigenvalue weighted by atomic mass is 19.4. The molecule has 0 bridgehead atoms. The van der Waals surface area contributed by atoms with Gasteiger partial charge in [0.15, 0.2) is 0 Å². The molecule has 1 aliphatic carbocycles. The van der Waals surface area contributed by atoms with Crippen molar-refractivity contribution in [3.63, 3.8) is 0 Å². The maximum absolute atomic E-state index is 13.1. The fourth-order valence-corrected chi connectivity index (χ4v) is 3.12. The molecule has 0 aromatic heterocycles. The van der Waals surface area contributed by atoms with Gasteiger partial charge in [0.25, 0.3) is 0 Å². The average Bonchev–Trinajstić information content (AvgIpc) is 2.92. The van der Waals surface area contributed by atoms with Gasteiger partial charge in [-0.3, -0.25) is 4.79 Å².